The predicted molar refractivity (Wildman–Crippen MR) is 80.7 cm³/mol. The van der Waals surface area contributed by atoms with Crippen LogP contribution in [0.5, 0.6) is 0 Å². The lowest BCUT2D eigenvalue weighted by molar-refractivity contribution is -0.120. The Hall–Kier alpha value is -1.42. The first-order valence-corrected chi connectivity index (χ1v) is 7.38. The summed E-state index contributed by atoms with van der Waals surface area (Å²) in [6, 6.07) is 5.86. The van der Waals surface area contributed by atoms with E-state index in [4.69, 9.17) is 7.05 Å². The summed E-state index contributed by atoms with van der Waals surface area (Å²) in [5.41, 5.74) is 0.997. The fourth-order valence-electron chi connectivity index (χ4n) is 1.93. The first-order chi connectivity index (χ1) is 9.72. The van der Waals surface area contributed by atoms with Crippen LogP contribution in [-0.4, -0.2) is 28.9 Å². The van der Waals surface area contributed by atoms with Crippen LogP contribution in [-0.2, 0) is 11.3 Å². The molecule has 0 saturated carbocycles. The van der Waals surface area contributed by atoms with Crippen LogP contribution in [0, 0.1) is 7.05 Å². The van der Waals surface area contributed by atoms with Crippen molar-refractivity contribution < 1.29 is 4.79 Å². The quantitative estimate of drug-likeness (QED) is 0.527. The third kappa shape index (κ3) is 7.89. The maximum absolute atomic E-state index is 11.0. The van der Waals surface area contributed by atoms with Crippen molar-refractivity contribution in [3.63, 3.8) is 0 Å². The van der Waals surface area contributed by atoms with Gasteiger partial charge in [-0.1, -0.05) is 25.8 Å². The minimum absolute atomic E-state index is 0.133. The second-order valence-corrected chi connectivity index (χ2v) is 4.91. The third-order valence-corrected chi connectivity index (χ3v) is 3.11. The minimum atomic E-state index is 0.133. The third-order valence-electron chi connectivity index (χ3n) is 3.11. The van der Waals surface area contributed by atoms with Crippen molar-refractivity contribution in [2.24, 2.45) is 0 Å². The largest absolute Gasteiger partial charge is 0.356 e. The summed E-state index contributed by atoms with van der Waals surface area (Å²) < 4.78 is 0. The molecule has 1 rings (SSSR count). The van der Waals surface area contributed by atoms with Gasteiger partial charge in [0, 0.05) is 32.8 Å². The normalized spacial score (nSPS) is 10.8. The van der Waals surface area contributed by atoms with Crippen molar-refractivity contribution in [3.05, 3.63) is 37.1 Å². The molecular formula is C16H25N3O. The molecule has 0 atom stereocenters. The number of pyridine rings is 1. The van der Waals surface area contributed by atoms with Crippen molar-refractivity contribution in [2.75, 3.05) is 13.1 Å². The van der Waals surface area contributed by atoms with E-state index < -0.39 is 0 Å². The highest BCUT2D eigenvalue weighted by atomic mass is 16.1. The van der Waals surface area contributed by atoms with E-state index in [0.29, 0.717) is 13.0 Å². The number of hydrogen-bond acceptors (Lipinski definition) is 3. The lowest BCUT2D eigenvalue weighted by Crippen LogP contribution is -2.23. The first-order valence-electron chi connectivity index (χ1n) is 7.38. The van der Waals surface area contributed by atoms with E-state index in [0.717, 1.165) is 44.5 Å². The molecule has 0 aromatic carbocycles. The highest BCUT2D eigenvalue weighted by Crippen LogP contribution is 2.04. The summed E-state index contributed by atoms with van der Waals surface area (Å²) in [4.78, 5) is 17.1. The zero-order valence-corrected chi connectivity index (χ0v) is 12.3. The summed E-state index contributed by atoms with van der Waals surface area (Å²) in [7, 11) is 5.94. The topological polar surface area (TPSA) is 45.2 Å². The van der Waals surface area contributed by atoms with Crippen LogP contribution in [0.3, 0.4) is 0 Å². The monoisotopic (exact) mass is 275 g/mol. The molecule has 0 aliphatic carbocycles. The average Bonchev–Trinajstić information content (AvgIpc) is 2.47. The van der Waals surface area contributed by atoms with Crippen LogP contribution in [0.4, 0.5) is 0 Å². The van der Waals surface area contributed by atoms with Crippen molar-refractivity contribution in [1.29, 1.82) is 0 Å². The number of hydrogen-bond donors (Lipinski definition) is 1. The molecule has 0 aliphatic heterocycles. The highest BCUT2D eigenvalue weighted by molar-refractivity contribution is 5.75. The van der Waals surface area contributed by atoms with Gasteiger partial charge in [0.15, 0.2) is 0 Å². The van der Waals surface area contributed by atoms with Crippen molar-refractivity contribution >= 4 is 5.91 Å². The van der Waals surface area contributed by atoms with Gasteiger partial charge < -0.3 is 5.32 Å². The number of carbonyl (C=O) groups is 1. The lowest BCUT2D eigenvalue weighted by Gasteiger charge is -2.15. The second kappa shape index (κ2) is 10.4. The Morgan fingerprint density at radius 1 is 1.30 bits per heavy atom. The van der Waals surface area contributed by atoms with Crippen LogP contribution in [0.1, 0.15) is 44.7 Å². The Bertz CT molecular complexity index is 367. The molecule has 0 saturated heterocycles. The Kier molecular flexibility index (Phi) is 8.63. The fraction of sp³-hybridized carbons (Fsp3) is 0.562. The van der Waals surface area contributed by atoms with Gasteiger partial charge in [0.1, 0.15) is 0 Å². The van der Waals surface area contributed by atoms with Crippen LogP contribution in [0.25, 0.3) is 0 Å². The molecule has 0 fully saturated rings. The molecule has 1 amide bonds. The van der Waals surface area contributed by atoms with Gasteiger partial charge in [0.05, 0.1) is 5.69 Å². The Balaban J connectivity index is 1.97. The number of nitrogens with zero attached hydrogens (tertiary/aromatic N) is 2. The van der Waals surface area contributed by atoms with Gasteiger partial charge in [-0.3, -0.25) is 14.7 Å². The van der Waals surface area contributed by atoms with E-state index in [1.165, 1.54) is 0 Å². The molecule has 0 aliphatic rings. The van der Waals surface area contributed by atoms with E-state index >= 15 is 0 Å². The van der Waals surface area contributed by atoms with Gasteiger partial charge in [0.2, 0.25) is 5.91 Å². The number of unbranched alkanes of at least 4 members (excludes halogenated alkanes) is 3. The minimum Gasteiger partial charge on any atom is -0.356 e. The smallest absolute Gasteiger partial charge is 0.219 e. The Morgan fingerprint density at radius 2 is 2.10 bits per heavy atom. The van der Waals surface area contributed by atoms with Crippen LogP contribution >= 0.6 is 0 Å². The summed E-state index contributed by atoms with van der Waals surface area (Å²) >= 11 is 0. The molecular weight excluding hydrogens is 250 g/mol. The standard InChI is InChI=1S/C16H25N3O/c1-3-16(20)18-12-7-4-5-9-13-19(2)14-15-10-6-8-11-17-15/h2,6,8,10-11H,3-5,7,9,12-14H2,1H3,(H,18,20). The molecule has 1 N–H and O–H groups in total. The molecule has 2 radical (unpaired) electrons. The Labute approximate surface area is 122 Å². The Morgan fingerprint density at radius 3 is 2.80 bits per heavy atom. The van der Waals surface area contributed by atoms with E-state index in [-0.39, 0.29) is 5.91 Å². The summed E-state index contributed by atoms with van der Waals surface area (Å²) in [5, 5.41) is 2.88. The van der Waals surface area contributed by atoms with Gasteiger partial charge in [-0.05, 0) is 31.5 Å². The molecule has 1 aromatic heterocycles. The van der Waals surface area contributed by atoms with Crippen LogP contribution in [0.15, 0.2) is 24.4 Å². The SMILES string of the molecule is [CH]N(CCCCCCNC(=O)CC)Cc1ccccn1. The molecule has 110 valence electrons. The predicted octanol–water partition coefficient (Wildman–Crippen LogP) is 2.64. The van der Waals surface area contributed by atoms with E-state index in [1.807, 2.05) is 25.1 Å². The molecule has 0 unspecified atom stereocenters. The van der Waals surface area contributed by atoms with Gasteiger partial charge in [-0.25, -0.2) is 0 Å². The number of amides is 1. The maximum Gasteiger partial charge on any atom is 0.219 e. The van der Waals surface area contributed by atoms with Gasteiger partial charge >= 0.3 is 0 Å². The number of nitrogens with one attached hydrogen (secondary N) is 1. The van der Waals surface area contributed by atoms with Crippen LogP contribution in [0.2, 0.25) is 0 Å². The molecule has 4 nitrogen and oxygen atoms in total. The van der Waals surface area contributed by atoms with Crippen molar-refractivity contribution in [3.8, 4) is 0 Å². The van der Waals surface area contributed by atoms with E-state index in [2.05, 4.69) is 10.3 Å². The first kappa shape index (κ1) is 16.6. The zero-order chi connectivity index (χ0) is 14.6. The zero-order valence-electron chi connectivity index (χ0n) is 12.3. The van der Waals surface area contributed by atoms with Gasteiger partial charge in [0.25, 0.3) is 0 Å². The number of carbonyl (C=O) groups excluding carboxylic acids is 1. The van der Waals surface area contributed by atoms with Crippen molar-refractivity contribution in [2.45, 2.75) is 45.6 Å². The summed E-state index contributed by atoms with van der Waals surface area (Å²) in [5.74, 6) is 0.133. The number of aromatic nitrogens is 1. The fourth-order valence-corrected chi connectivity index (χ4v) is 1.93. The van der Waals surface area contributed by atoms with Gasteiger partial charge in [-0.2, -0.15) is 0 Å². The number of rotatable bonds is 10. The molecule has 4 heteroatoms. The van der Waals surface area contributed by atoms with Crippen molar-refractivity contribution in [1.82, 2.24) is 15.2 Å². The molecule has 0 bridgehead atoms. The van der Waals surface area contributed by atoms with E-state index in [9.17, 15) is 4.79 Å². The lowest BCUT2D eigenvalue weighted by atomic mass is 10.2. The van der Waals surface area contributed by atoms with Crippen LogP contribution < -0.4 is 5.32 Å². The van der Waals surface area contributed by atoms with E-state index in [1.54, 1.807) is 11.1 Å². The summed E-state index contributed by atoms with van der Waals surface area (Å²) in [6.07, 6.45) is 6.73. The highest BCUT2D eigenvalue weighted by Gasteiger charge is 2.01. The molecule has 1 heterocycles. The second-order valence-electron chi connectivity index (χ2n) is 4.91. The molecule has 20 heavy (non-hydrogen) atoms. The summed E-state index contributed by atoms with van der Waals surface area (Å²) in [6.45, 7) is 4.21. The average molecular weight is 275 g/mol. The molecule has 0 spiro atoms. The molecule has 1 aromatic rings. The van der Waals surface area contributed by atoms with Gasteiger partial charge in [-0.15, -0.1) is 0 Å². The maximum atomic E-state index is 11.0.